The summed E-state index contributed by atoms with van der Waals surface area (Å²) in [7, 11) is 1.63. The van der Waals surface area contributed by atoms with E-state index in [9.17, 15) is 10.1 Å². The zero-order valence-electron chi connectivity index (χ0n) is 17.6. The molecule has 30 heavy (non-hydrogen) atoms. The van der Waals surface area contributed by atoms with Crippen LogP contribution in [0.5, 0.6) is 5.75 Å². The van der Waals surface area contributed by atoms with Crippen molar-refractivity contribution in [2.75, 3.05) is 7.11 Å². The second kappa shape index (κ2) is 8.15. The van der Waals surface area contributed by atoms with Crippen molar-refractivity contribution in [1.82, 2.24) is 19.3 Å². The number of hydrogen-bond donors (Lipinski definition) is 0. The molecule has 0 N–H and O–H groups in total. The molecule has 7 heteroatoms. The predicted octanol–water partition coefficient (Wildman–Crippen LogP) is 3.91. The van der Waals surface area contributed by atoms with Gasteiger partial charge in [0.2, 0.25) is 0 Å². The Labute approximate surface area is 175 Å². The van der Waals surface area contributed by atoms with E-state index < -0.39 is 5.92 Å². The van der Waals surface area contributed by atoms with Gasteiger partial charge in [-0.15, -0.1) is 10.2 Å². The van der Waals surface area contributed by atoms with Crippen molar-refractivity contribution < 1.29 is 9.53 Å². The van der Waals surface area contributed by atoms with Crippen molar-refractivity contribution in [2.45, 2.75) is 52.0 Å². The quantitative estimate of drug-likeness (QED) is 0.603. The van der Waals surface area contributed by atoms with Gasteiger partial charge >= 0.3 is 0 Å². The Bertz CT molecular complexity index is 1140. The lowest BCUT2D eigenvalue weighted by Crippen LogP contribution is -2.18. The number of aromatic nitrogens is 4. The summed E-state index contributed by atoms with van der Waals surface area (Å²) in [6, 6.07) is 11.7. The Morgan fingerprint density at radius 2 is 2.03 bits per heavy atom. The van der Waals surface area contributed by atoms with Gasteiger partial charge in [0, 0.05) is 41.7 Å². The van der Waals surface area contributed by atoms with Crippen LogP contribution in [0.3, 0.4) is 0 Å². The highest BCUT2D eigenvalue weighted by Crippen LogP contribution is 2.28. The number of ether oxygens (including phenoxy) is 1. The molecule has 3 heterocycles. The fourth-order valence-electron chi connectivity index (χ4n) is 4.27. The number of carbonyl (C=O) groups is 1. The number of nitriles is 1. The molecule has 0 spiro atoms. The van der Waals surface area contributed by atoms with Crippen molar-refractivity contribution in [3.63, 3.8) is 0 Å². The lowest BCUT2D eigenvalue weighted by Gasteiger charge is -2.13. The highest BCUT2D eigenvalue weighted by Gasteiger charge is 2.31. The molecule has 4 rings (SSSR count). The van der Waals surface area contributed by atoms with Gasteiger partial charge in [0.1, 0.15) is 11.6 Å². The maximum absolute atomic E-state index is 13.4. The van der Waals surface area contributed by atoms with Crippen LogP contribution < -0.4 is 4.74 Å². The number of hydrogen-bond acceptors (Lipinski definition) is 5. The molecular weight excluding hydrogens is 378 g/mol. The SMILES string of the molecule is COc1cccc(-n2c(C)cc(C(=O)C(C#N)c3nnc4n3CCCCC4)c2C)c1. The summed E-state index contributed by atoms with van der Waals surface area (Å²) in [5, 5.41) is 18.4. The number of ketones is 1. The van der Waals surface area contributed by atoms with Crippen LogP contribution in [-0.4, -0.2) is 32.2 Å². The minimum Gasteiger partial charge on any atom is -0.497 e. The molecule has 1 aliphatic heterocycles. The highest BCUT2D eigenvalue weighted by atomic mass is 16.5. The molecule has 0 fully saturated rings. The molecule has 0 aliphatic carbocycles. The van der Waals surface area contributed by atoms with E-state index in [0.717, 1.165) is 60.9 Å². The number of nitrogens with zero attached hydrogens (tertiary/aromatic N) is 5. The number of carbonyl (C=O) groups excluding carboxylic acids is 1. The van der Waals surface area contributed by atoms with Crippen molar-refractivity contribution in [2.24, 2.45) is 0 Å². The second-order valence-corrected chi connectivity index (χ2v) is 7.68. The minimum absolute atomic E-state index is 0.237. The summed E-state index contributed by atoms with van der Waals surface area (Å²) in [5.74, 6) is 0.875. The topological polar surface area (TPSA) is 85.7 Å². The number of aryl methyl sites for hydroxylation is 2. The Kier molecular flexibility index (Phi) is 5.40. The Balaban J connectivity index is 1.73. The fourth-order valence-corrected chi connectivity index (χ4v) is 4.27. The lowest BCUT2D eigenvalue weighted by atomic mass is 9.98. The molecular formula is C23H25N5O2. The molecule has 0 amide bonds. The van der Waals surface area contributed by atoms with E-state index in [1.807, 2.05) is 53.3 Å². The molecule has 0 saturated carbocycles. The van der Waals surface area contributed by atoms with Crippen LogP contribution in [0, 0.1) is 25.2 Å². The van der Waals surface area contributed by atoms with Crippen molar-refractivity contribution in [3.05, 3.63) is 58.9 Å². The van der Waals surface area contributed by atoms with Crippen LogP contribution in [0.2, 0.25) is 0 Å². The van der Waals surface area contributed by atoms with Gasteiger partial charge in [-0.05, 0) is 44.9 Å². The average Bonchev–Trinajstić information content (AvgIpc) is 3.18. The van der Waals surface area contributed by atoms with E-state index in [-0.39, 0.29) is 5.78 Å². The van der Waals surface area contributed by atoms with E-state index in [0.29, 0.717) is 11.4 Å². The monoisotopic (exact) mass is 403 g/mol. The third-order valence-corrected chi connectivity index (χ3v) is 5.80. The third kappa shape index (κ3) is 3.39. The van der Waals surface area contributed by atoms with Gasteiger partial charge in [0.15, 0.2) is 17.5 Å². The van der Waals surface area contributed by atoms with E-state index in [2.05, 4.69) is 16.3 Å². The zero-order valence-corrected chi connectivity index (χ0v) is 17.6. The molecule has 0 radical (unpaired) electrons. The zero-order chi connectivity index (χ0) is 21.3. The molecule has 2 aromatic heterocycles. The molecule has 154 valence electrons. The lowest BCUT2D eigenvalue weighted by molar-refractivity contribution is 0.0974. The third-order valence-electron chi connectivity index (χ3n) is 5.80. The van der Waals surface area contributed by atoms with E-state index in [4.69, 9.17) is 4.74 Å². The molecule has 3 aromatic rings. The van der Waals surface area contributed by atoms with Crippen molar-refractivity contribution in [1.29, 1.82) is 5.26 Å². The maximum atomic E-state index is 13.4. The molecule has 1 aliphatic rings. The van der Waals surface area contributed by atoms with Crippen LogP contribution >= 0.6 is 0 Å². The van der Waals surface area contributed by atoms with Gasteiger partial charge in [-0.3, -0.25) is 4.79 Å². The first kappa shape index (κ1) is 19.9. The summed E-state index contributed by atoms with van der Waals surface area (Å²) >= 11 is 0. The summed E-state index contributed by atoms with van der Waals surface area (Å²) in [4.78, 5) is 13.4. The average molecular weight is 403 g/mol. The summed E-state index contributed by atoms with van der Waals surface area (Å²) in [5.41, 5.74) is 3.16. The molecule has 1 unspecified atom stereocenters. The summed E-state index contributed by atoms with van der Waals surface area (Å²) in [6.45, 7) is 4.61. The molecule has 7 nitrogen and oxygen atoms in total. The number of benzene rings is 1. The van der Waals surface area contributed by atoms with Crippen molar-refractivity contribution >= 4 is 5.78 Å². The first-order valence-corrected chi connectivity index (χ1v) is 10.2. The molecule has 1 aromatic carbocycles. The summed E-state index contributed by atoms with van der Waals surface area (Å²) in [6.07, 6.45) is 4.03. The van der Waals surface area contributed by atoms with E-state index in [1.165, 1.54) is 0 Å². The van der Waals surface area contributed by atoms with Crippen LogP contribution in [0.1, 0.15) is 58.6 Å². The van der Waals surface area contributed by atoms with Crippen LogP contribution in [-0.2, 0) is 13.0 Å². The van der Waals surface area contributed by atoms with Crippen LogP contribution in [0.25, 0.3) is 5.69 Å². The van der Waals surface area contributed by atoms with Gasteiger partial charge in [0.25, 0.3) is 0 Å². The predicted molar refractivity (Wildman–Crippen MR) is 112 cm³/mol. The van der Waals surface area contributed by atoms with Gasteiger partial charge in [-0.1, -0.05) is 12.5 Å². The molecule has 1 atom stereocenters. The Morgan fingerprint density at radius 1 is 1.20 bits per heavy atom. The largest absolute Gasteiger partial charge is 0.497 e. The number of Topliss-reactive ketones (excluding diaryl/α,β-unsaturated/α-hetero) is 1. The van der Waals surface area contributed by atoms with Gasteiger partial charge < -0.3 is 13.9 Å². The van der Waals surface area contributed by atoms with E-state index in [1.54, 1.807) is 7.11 Å². The van der Waals surface area contributed by atoms with Crippen LogP contribution in [0.15, 0.2) is 30.3 Å². The minimum atomic E-state index is -0.969. The van der Waals surface area contributed by atoms with Gasteiger partial charge in [0.05, 0.1) is 13.2 Å². The smallest absolute Gasteiger partial charge is 0.189 e. The standard InChI is InChI=1S/C23H25N5O2/c1-15-12-19(16(2)28(15)17-8-7-9-18(13-17)30-3)22(29)20(14-24)23-26-25-21-10-5-4-6-11-27(21)23/h7-9,12-13,20H,4-6,10-11H2,1-3H3. The number of methoxy groups -OCH3 is 1. The Hall–Kier alpha value is -3.40. The second-order valence-electron chi connectivity index (χ2n) is 7.68. The number of rotatable bonds is 5. The molecule has 0 bridgehead atoms. The Morgan fingerprint density at radius 3 is 2.80 bits per heavy atom. The fraction of sp³-hybridized carbons (Fsp3) is 0.391. The highest BCUT2D eigenvalue weighted by molar-refractivity contribution is 6.03. The van der Waals surface area contributed by atoms with Gasteiger partial charge in [-0.25, -0.2) is 0 Å². The van der Waals surface area contributed by atoms with E-state index >= 15 is 0 Å². The normalized spacial score (nSPS) is 14.5. The first-order valence-electron chi connectivity index (χ1n) is 10.2. The maximum Gasteiger partial charge on any atom is 0.189 e. The first-order chi connectivity index (χ1) is 14.5. The summed E-state index contributed by atoms with van der Waals surface area (Å²) < 4.78 is 9.32. The van der Waals surface area contributed by atoms with Crippen LogP contribution in [0.4, 0.5) is 0 Å². The number of fused-ring (bicyclic) bond motifs is 1. The molecule has 0 saturated heterocycles. The van der Waals surface area contributed by atoms with Gasteiger partial charge in [-0.2, -0.15) is 5.26 Å². The van der Waals surface area contributed by atoms with Crippen molar-refractivity contribution in [3.8, 4) is 17.5 Å².